The Bertz CT molecular complexity index is 503. The third kappa shape index (κ3) is 1.82. The zero-order valence-electron chi connectivity index (χ0n) is 15.0. The molecule has 1 spiro atoms. The average molecular weight is 322 g/mol. The zero-order chi connectivity index (χ0) is 16.7. The molecular formula is C20H34O3. The second kappa shape index (κ2) is 4.74. The van der Waals surface area contributed by atoms with Crippen molar-refractivity contribution >= 4 is 0 Å². The first kappa shape index (κ1) is 16.4. The van der Waals surface area contributed by atoms with Gasteiger partial charge in [-0.15, -0.1) is 0 Å². The lowest BCUT2D eigenvalue weighted by molar-refractivity contribution is -0.203. The summed E-state index contributed by atoms with van der Waals surface area (Å²) < 4.78 is 0. The number of hydrogen-bond donors (Lipinski definition) is 3. The lowest BCUT2D eigenvalue weighted by atomic mass is 9.39. The molecule has 4 aliphatic rings. The van der Waals surface area contributed by atoms with Crippen LogP contribution in [0.15, 0.2) is 0 Å². The fraction of sp³-hybridized carbons (Fsp3) is 1.00. The minimum absolute atomic E-state index is 0.00443. The van der Waals surface area contributed by atoms with E-state index >= 15 is 0 Å². The maximum absolute atomic E-state index is 10.8. The normalized spacial score (nSPS) is 57.7. The molecule has 4 aliphatic carbocycles. The minimum atomic E-state index is -0.835. The minimum Gasteiger partial charge on any atom is -0.393 e. The summed E-state index contributed by atoms with van der Waals surface area (Å²) in [5.41, 5.74) is -0.225. The van der Waals surface area contributed by atoms with Crippen molar-refractivity contribution in [3.8, 4) is 0 Å². The Kier molecular flexibility index (Phi) is 3.37. The van der Waals surface area contributed by atoms with Gasteiger partial charge in [-0.05, 0) is 85.4 Å². The van der Waals surface area contributed by atoms with Crippen molar-refractivity contribution in [2.75, 3.05) is 6.61 Å². The summed E-state index contributed by atoms with van der Waals surface area (Å²) in [6.07, 6.45) is 8.35. The van der Waals surface area contributed by atoms with Crippen molar-refractivity contribution in [3.63, 3.8) is 0 Å². The quantitative estimate of drug-likeness (QED) is 0.695. The smallest absolute Gasteiger partial charge is 0.0905 e. The van der Waals surface area contributed by atoms with Crippen LogP contribution in [0.2, 0.25) is 0 Å². The van der Waals surface area contributed by atoms with Crippen LogP contribution in [0.3, 0.4) is 0 Å². The highest BCUT2D eigenvalue weighted by molar-refractivity contribution is 5.18. The van der Waals surface area contributed by atoms with Crippen LogP contribution in [-0.4, -0.2) is 33.6 Å². The van der Waals surface area contributed by atoms with Crippen LogP contribution in [-0.2, 0) is 0 Å². The fourth-order valence-corrected chi connectivity index (χ4v) is 7.90. The Hall–Kier alpha value is -0.120. The van der Waals surface area contributed by atoms with Crippen LogP contribution >= 0.6 is 0 Å². The average Bonchev–Trinajstić information content (AvgIpc) is 2.86. The van der Waals surface area contributed by atoms with Gasteiger partial charge in [-0.25, -0.2) is 0 Å². The summed E-state index contributed by atoms with van der Waals surface area (Å²) in [4.78, 5) is 0. The van der Waals surface area contributed by atoms with Gasteiger partial charge in [-0.3, -0.25) is 0 Å². The van der Waals surface area contributed by atoms with Gasteiger partial charge in [0.05, 0.1) is 18.3 Å². The summed E-state index contributed by atoms with van der Waals surface area (Å²) in [6.45, 7) is 6.97. The molecule has 4 saturated carbocycles. The van der Waals surface area contributed by atoms with E-state index in [1.54, 1.807) is 0 Å². The summed E-state index contributed by atoms with van der Waals surface area (Å²) >= 11 is 0. The molecule has 0 aliphatic heterocycles. The van der Waals surface area contributed by atoms with E-state index in [-0.39, 0.29) is 29.5 Å². The molecule has 1 unspecified atom stereocenters. The lowest BCUT2D eigenvalue weighted by Gasteiger charge is -2.66. The van der Waals surface area contributed by atoms with E-state index in [0.717, 1.165) is 38.5 Å². The molecule has 0 amide bonds. The molecule has 2 bridgehead atoms. The highest BCUT2D eigenvalue weighted by atomic mass is 16.3. The van der Waals surface area contributed by atoms with Crippen molar-refractivity contribution in [1.29, 1.82) is 0 Å². The maximum atomic E-state index is 10.8. The van der Waals surface area contributed by atoms with Crippen molar-refractivity contribution in [1.82, 2.24) is 0 Å². The maximum Gasteiger partial charge on any atom is 0.0905 e. The van der Waals surface area contributed by atoms with Crippen LogP contribution in [0.4, 0.5) is 0 Å². The first-order chi connectivity index (χ1) is 10.7. The zero-order valence-corrected chi connectivity index (χ0v) is 15.0. The summed E-state index contributed by atoms with van der Waals surface area (Å²) in [5.74, 6) is 1.56. The standard InChI is InChI=1S/C20H34O3/c1-17(2)15-5-4-13-10-14-11-19(13,8-9-20(14,23)12-21)18(15,3)7-6-16(17)22/h13-16,21-23H,4-12H2,1-3H3/t13-,14-,15?,16-,18-,19+,20+/m0/s1. The van der Waals surface area contributed by atoms with Gasteiger partial charge in [0.2, 0.25) is 0 Å². The molecule has 0 aromatic heterocycles. The van der Waals surface area contributed by atoms with E-state index in [1.807, 2.05) is 0 Å². The summed E-state index contributed by atoms with van der Waals surface area (Å²) in [5, 5.41) is 31.2. The monoisotopic (exact) mass is 322 g/mol. The molecule has 4 rings (SSSR count). The molecule has 7 atom stereocenters. The van der Waals surface area contributed by atoms with Gasteiger partial charge in [0, 0.05) is 0 Å². The number of aliphatic hydroxyl groups is 3. The molecule has 3 N–H and O–H groups in total. The Labute approximate surface area is 140 Å². The van der Waals surface area contributed by atoms with Gasteiger partial charge in [-0.1, -0.05) is 20.8 Å². The molecule has 132 valence electrons. The predicted octanol–water partition coefficient (Wildman–Crippen LogP) is 3.11. The fourth-order valence-electron chi connectivity index (χ4n) is 7.90. The largest absolute Gasteiger partial charge is 0.393 e. The third-order valence-electron chi connectivity index (χ3n) is 9.40. The van der Waals surface area contributed by atoms with Crippen molar-refractivity contribution in [3.05, 3.63) is 0 Å². The number of fused-ring (bicyclic) bond motifs is 2. The van der Waals surface area contributed by atoms with Crippen LogP contribution in [0.5, 0.6) is 0 Å². The topological polar surface area (TPSA) is 60.7 Å². The summed E-state index contributed by atoms with van der Waals surface area (Å²) in [7, 11) is 0. The highest BCUT2D eigenvalue weighted by Crippen LogP contribution is 2.75. The molecule has 4 fully saturated rings. The SMILES string of the molecule is CC1(C)C2CC[C@H]3C[C@H]4C[C@@]3(CC[C@@]4(O)CO)[C@@]2(C)CC[C@@H]1O. The number of hydrogen-bond acceptors (Lipinski definition) is 3. The third-order valence-corrected chi connectivity index (χ3v) is 9.40. The van der Waals surface area contributed by atoms with Crippen molar-refractivity contribution < 1.29 is 15.3 Å². The van der Waals surface area contributed by atoms with E-state index in [4.69, 9.17) is 0 Å². The van der Waals surface area contributed by atoms with Crippen LogP contribution < -0.4 is 0 Å². The van der Waals surface area contributed by atoms with Crippen molar-refractivity contribution in [2.45, 2.75) is 83.8 Å². The van der Waals surface area contributed by atoms with E-state index in [2.05, 4.69) is 20.8 Å². The van der Waals surface area contributed by atoms with Gasteiger partial charge < -0.3 is 15.3 Å². The van der Waals surface area contributed by atoms with Gasteiger partial charge in [-0.2, -0.15) is 0 Å². The molecular weight excluding hydrogens is 288 g/mol. The van der Waals surface area contributed by atoms with Crippen LogP contribution in [0, 0.1) is 34.0 Å². The summed E-state index contributed by atoms with van der Waals surface area (Å²) in [6, 6.07) is 0. The molecule has 0 aromatic carbocycles. The van der Waals surface area contributed by atoms with Crippen molar-refractivity contribution in [2.24, 2.45) is 34.0 Å². The van der Waals surface area contributed by atoms with E-state index in [9.17, 15) is 15.3 Å². The molecule has 3 heteroatoms. The van der Waals surface area contributed by atoms with E-state index in [0.29, 0.717) is 17.3 Å². The van der Waals surface area contributed by atoms with E-state index < -0.39 is 5.60 Å². The lowest BCUT2D eigenvalue weighted by Crippen LogP contribution is -2.61. The molecule has 0 heterocycles. The Morgan fingerprint density at radius 3 is 2.39 bits per heavy atom. The Morgan fingerprint density at radius 2 is 1.70 bits per heavy atom. The van der Waals surface area contributed by atoms with Crippen LogP contribution in [0.1, 0.15) is 72.1 Å². The van der Waals surface area contributed by atoms with E-state index in [1.165, 1.54) is 12.8 Å². The Morgan fingerprint density at radius 1 is 0.957 bits per heavy atom. The van der Waals surface area contributed by atoms with Crippen LogP contribution in [0.25, 0.3) is 0 Å². The molecule has 0 saturated heterocycles. The number of rotatable bonds is 1. The molecule has 23 heavy (non-hydrogen) atoms. The first-order valence-corrected chi connectivity index (χ1v) is 9.71. The Balaban J connectivity index is 1.74. The van der Waals surface area contributed by atoms with Gasteiger partial charge >= 0.3 is 0 Å². The highest BCUT2D eigenvalue weighted by Gasteiger charge is 2.69. The molecule has 3 nitrogen and oxygen atoms in total. The van der Waals surface area contributed by atoms with Gasteiger partial charge in [0.15, 0.2) is 0 Å². The van der Waals surface area contributed by atoms with Gasteiger partial charge in [0.25, 0.3) is 0 Å². The molecule has 0 aromatic rings. The first-order valence-electron chi connectivity index (χ1n) is 9.71. The second-order valence-corrected chi connectivity index (χ2v) is 10.2. The molecule has 0 radical (unpaired) electrons. The van der Waals surface area contributed by atoms with Gasteiger partial charge in [0.1, 0.15) is 0 Å². The second-order valence-electron chi connectivity index (χ2n) is 10.2. The predicted molar refractivity (Wildman–Crippen MR) is 89.8 cm³/mol. The number of aliphatic hydroxyl groups excluding tert-OH is 2.